The van der Waals surface area contributed by atoms with E-state index < -0.39 is 0 Å². The van der Waals surface area contributed by atoms with Crippen molar-refractivity contribution < 1.29 is 14.6 Å². The van der Waals surface area contributed by atoms with Crippen molar-refractivity contribution in [3.63, 3.8) is 0 Å². The number of ether oxygens (including phenoxy) is 2. The lowest BCUT2D eigenvalue weighted by Crippen LogP contribution is -2.38. The van der Waals surface area contributed by atoms with Gasteiger partial charge in [-0.05, 0) is 48.2 Å². The summed E-state index contributed by atoms with van der Waals surface area (Å²) >= 11 is 0. The quantitative estimate of drug-likeness (QED) is 0.192. The maximum atomic E-state index is 9.63. The Morgan fingerprint density at radius 3 is 2.25 bits per heavy atom. The number of nitrogens with one attached hydrogen (secondary N) is 2. The summed E-state index contributed by atoms with van der Waals surface area (Å²) in [5.74, 6) is 2.37. The number of likely N-dealkylation sites (tertiary alicyclic amines) is 1. The molecular weight excluding hydrogens is 519 g/mol. The predicted octanol–water partition coefficient (Wildman–Crippen LogP) is 3.01. The molecule has 1 aliphatic rings. The zero-order valence-corrected chi connectivity index (χ0v) is 21.2. The first kappa shape index (κ1) is 26.2. The molecule has 3 rings (SSSR count). The molecule has 0 saturated carbocycles. The molecule has 0 bridgehead atoms. The van der Waals surface area contributed by atoms with E-state index >= 15 is 0 Å². The van der Waals surface area contributed by atoms with Crippen molar-refractivity contribution in [3.05, 3.63) is 59.7 Å². The SMILES string of the molecule is CN=C(NCCOc1ccc(OC)cc1)NCc1ccc(CN2CCC(O)CC2)cc1.I. The van der Waals surface area contributed by atoms with Gasteiger partial charge in [0.25, 0.3) is 0 Å². The first-order valence-electron chi connectivity index (χ1n) is 10.9. The zero-order chi connectivity index (χ0) is 21.9. The molecule has 8 heteroatoms. The molecule has 2 aromatic carbocycles. The van der Waals surface area contributed by atoms with Gasteiger partial charge in [-0.15, -0.1) is 24.0 Å². The van der Waals surface area contributed by atoms with Crippen LogP contribution in [-0.4, -0.2) is 62.5 Å². The number of rotatable bonds is 9. The molecule has 0 atom stereocenters. The second kappa shape index (κ2) is 14.2. The van der Waals surface area contributed by atoms with E-state index in [-0.39, 0.29) is 30.1 Å². The number of hydrogen-bond donors (Lipinski definition) is 3. The number of aliphatic hydroxyl groups is 1. The van der Waals surface area contributed by atoms with Crippen LogP contribution in [0, 0.1) is 0 Å². The van der Waals surface area contributed by atoms with Crippen LogP contribution in [-0.2, 0) is 13.1 Å². The predicted molar refractivity (Wildman–Crippen MR) is 139 cm³/mol. The summed E-state index contributed by atoms with van der Waals surface area (Å²) in [4.78, 5) is 6.67. The van der Waals surface area contributed by atoms with E-state index in [0.29, 0.717) is 19.7 Å². The number of aliphatic imine (C=N–C) groups is 1. The lowest BCUT2D eigenvalue weighted by atomic mass is 10.1. The molecule has 1 saturated heterocycles. The van der Waals surface area contributed by atoms with Crippen molar-refractivity contribution in [3.8, 4) is 11.5 Å². The Labute approximate surface area is 208 Å². The molecule has 0 unspecified atom stereocenters. The monoisotopic (exact) mass is 554 g/mol. The van der Waals surface area contributed by atoms with Gasteiger partial charge in [0.2, 0.25) is 0 Å². The van der Waals surface area contributed by atoms with Crippen LogP contribution in [0.3, 0.4) is 0 Å². The highest BCUT2D eigenvalue weighted by Crippen LogP contribution is 2.17. The molecule has 0 aliphatic carbocycles. The Kier molecular flexibility index (Phi) is 11.6. The molecule has 2 aromatic rings. The number of benzene rings is 2. The molecule has 32 heavy (non-hydrogen) atoms. The Hall–Kier alpha value is -2.04. The molecule has 0 spiro atoms. The van der Waals surface area contributed by atoms with Crippen LogP contribution in [0.4, 0.5) is 0 Å². The summed E-state index contributed by atoms with van der Waals surface area (Å²) in [7, 11) is 3.41. The van der Waals surface area contributed by atoms with Crippen LogP contribution in [0.15, 0.2) is 53.5 Å². The molecule has 0 radical (unpaired) electrons. The van der Waals surface area contributed by atoms with Crippen molar-refractivity contribution in [2.45, 2.75) is 32.0 Å². The van der Waals surface area contributed by atoms with Crippen LogP contribution in [0.5, 0.6) is 11.5 Å². The lowest BCUT2D eigenvalue weighted by molar-refractivity contribution is 0.0792. The second-order valence-corrected chi connectivity index (χ2v) is 7.70. The summed E-state index contributed by atoms with van der Waals surface area (Å²) in [6, 6.07) is 16.2. The summed E-state index contributed by atoms with van der Waals surface area (Å²) in [5, 5.41) is 16.2. The van der Waals surface area contributed by atoms with Gasteiger partial charge in [-0.2, -0.15) is 0 Å². The Morgan fingerprint density at radius 2 is 1.62 bits per heavy atom. The highest BCUT2D eigenvalue weighted by molar-refractivity contribution is 14.0. The first-order chi connectivity index (χ1) is 15.2. The van der Waals surface area contributed by atoms with Crippen molar-refractivity contribution in [2.24, 2.45) is 4.99 Å². The van der Waals surface area contributed by atoms with Gasteiger partial charge in [0.15, 0.2) is 5.96 Å². The van der Waals surface area contributed by atoms with Gasteiger partial charge in [-0.25, -0.2) is 0 Å². The topological polar surface area (TPSA) is 78.4 Å². The number of piperidine rings is 1. The van der Waals surface area contributed by atoms with E-state index in [2.05, 4.69) is 44.8 Å². The number of guanidine groups is 1. The minimum absolute atomic E-state index is 0. The van der Waals surface area contributed by atoms with Gasteiger partial charge < -0.3 is 25.2 Å². The number of methoxy groups -OCH3 is 1. The third kappa shape index (κ3) is 8.84. The molecule has 3 N–H and O–H groups in total. The lowest BCUT2D eigenvalue weighted by Gasteiger charge is -2.29. The van der Waals surface area contributed by atoms with Crippen molar-refractivity contribution in [2.75, 3.05) is 40.4 Å². The summed E-state index contributed by atoms with van der Waals surface area (Å²) in [5.41, 5.74) is 2.51. The number of nitrogens with zero attached hydrogens (tertiary/aromatic N) is 2. The van der Waals surface area contributed by atoms with E-state index in [9.17, 15) is 5.11 Å². The van der Waals surface area contributed by atoms with Gasteiger partial charge in [0.1, 0.15) is 18.1 Å². The van der Waals surface area contributed by atoms with Crippen LogP contribution in [0.2, 0.25) is 0 Å². The van der Waals surface area contributed by atoms with Gasteiger partial charge in [-0.1, -0.05) is 24.3 Å². The minimum atomic E-state index is -0.123. The highest BCUT2D eigenvalue weighted by Gasteiger charge is 2.16. The van der Waals surface area contributed by atoms with E-state index in [1.807, 2.05) is 24.3 Å². The van der Waals surface area contributed by atoms with Crippen LogP contribution < -0.4 is 20.1 Å². The Morgan fingerprint density at radius 1 is 1.00 bits per heavy atom. The van der Waals surface area contributed by atoms with E-state index in [4.69, 9.17) is 9.47 Å². The van der Waals surface area contributed by atoms with Gasteiger partial charge in [-0.3, -0.25) is 9.89 Å². The average molecular weight is 554 g/mol. The smallest absolute Gasteiger partial charge is 0.191 e. The minimum Gasteiger partial charge on any atom is -0.497 e. The van der Waals surface area contributed by atoms with Crippen molar-refractivity contribution >= 4 is 29.9 Å². The van der Waals surface area contributed by atoms with Crippen LogP contribution in [0.25, 0.3) is 0 Å². The number of aliphatic hydroxyl groups excluding tert-OH is 1. The molecule has 1 heterocycles. The number of hydrogen-bond acceptors (Lipinski definition) is 5. The second-order valence-electron chi connectivity index (χ2n) is 7.70. The van der Waals surface area contributed by atoms with E-state index in [1.54, 1.807) is 14.2 Å². The average Bonchev–Trinajstić information content (AvgIpc) is 2.81. The summed E-state index contributed by atoms with van der Waals surface area (Å²) in [6.45, 7) is 4.76. The highest BCUT2D eigenvalue weighted by atomic mass is 127. The normalized spacial score (nSPS) is 15.0. The molecule has 0 amide bonds. The van der Waals surface area contributed by atoms with Crippen molar-refractivity contribution in [1.82, 2.24) is 15.5 Å². The number of halogens is 1. The third-order valence-electron chi connectivity index (χ3n) is 5.39. The molecule has 1 aliphatic heterocycles. The molecule has 7 nitrogen and oxygen atoms in total. The molecule has 1 fully saturated rings. The van der Waals surface area contributed by atoms with E-state index in [1.165, 1.54) is 11.1 Å². The summed E-state index contributed by atoms with van der Waals surface area (Å²) in [6.07, 6.45) is 1.63. The van der Waals surface area contributed by atoms with Crippen LogP contribution >= 0.6 is 24.0 Å². The molecule has 176 valence electrons. The Bertz CT molecular complexity index is 807. The summed E-state index contributed by atoms with van der Waals surface area (Å²) < 4.78 is 10.9. The van der Waals surface area contributed by atoms with Gasteiger partial charge >= 0.3 is 0 Å². The van der Waals surface area contributed by atoms with E-state index in [0.717, 1.165) is 49.9 Å². The fraction of sp³-hybridized carbons (Fsp3) is 0.458. The van der Waals surface area contributed by atoms with Crippen molar-refractivity contribution in [1.29, 1.82) is 0 Å². The van der Waals surface area contributed by atoms with Gasteiger partial charge in [0, 0.05) is 33.2 Å². The maximum Gasteiger partial charge on any atom is 0.191 e. The van der Waals surface area contributed by atoms with Gasteiger partial charge in [0.05, 0.1) is 19.8 Å². The fourth-order valence-electron chi connectivity index (χ4n) is 3.51. The van der Waals surface area contributed by atoms with Crippen LogP contribution in [0.1, 0.15) is 24.0 Å². The maximum absolute atomic E-state index is 9.63. The molecule has 0 aromatic heterocycles. The Balaban J connectivity index is 0.00000363. The first-order valence-corrected chi connectivity index (χ1v) is 10.9. The standard InChI is InChI=1S/C24H34N4O3.HI/c1-25-24(26-13-16-31-23-9-7-22(30-2)8-10-23)27-17-19-3-5-20(6-4-19)18-28-14-11-21(29)12-15-28;/h3-10,21,29H,11-18H2,1-2H3,(H2,25,26,27);1H. The fourth-order valence-corrected chi connectivity index (χ4v) is 3.51. The molecular formula is C24H35IN4O3. The third-order valence-corrected chi connectivity index (χ3v) is 5.39. The zero-order valence-electron chi connectivity index (χ0n) is 18.9. The largest absolute Gasteiger partial charge is 0.497 e.